The van der Waals surface area contributed by atoms with Gasteiger partial charge in [0.15, 0.2) is 0 Å². The van der Waals surface area contributed by atoms with Gasteiger partial charge in [-0.1, -0.05) is 26.0 Å². The molecule has 0 aliphatic heterocycles. The van der Waals surface area contributed by atoms with Gasteiger partial charge < -0.3 is 9.08 Å². The smallest absolute Gasteiger partial charge is 0.362 e. The lowest BCUT2D eigenvalue weighted by Crippen LogP contribution is -2.24. The fraction of sp³-hybridized carbons (Fsp3) is 0.571. The van der Waals surface area contributed by atoms with E-state index in [4.69, 9.17) is 4.55 Å². The molecule has 0 aliphatic rings. The molecule has 0 spiro atoms. The summed E-state index contributed by atoms with van der Waals surface area (Å²) in [6.07, 6.45) is 0.949. The van der Waals surface area contributed by atoms with Crippen LogP contribution in [0.2, 0.25) is 0 Å². The second kappa shape index (κ2) is 7.06. The van der Waals surface area contributed by atoms with Gasteiger partial charge in [0.2, 0.25) is 0 Å². The van der Waals surface area contributed by atoms with Gasteiger partial charge >= 0.3 is 10.4 Å². The van der Waals surface area contributed by atoms with E-state index in [1.54, 1.807) is 12.1 Å². The Kier molecular flexibility index (Phi) is 5.98. The van der Waals surface area contributed by atoms with Crippen LogP contribution >= 0.6 is 0 Å². The first kappa shape index (κ1) is 16.9. The third-order valence-corrected chi connectivity index (χ3v) is 3.67. The summed E-state index contributed by atoms with van der Waals surface area (Å²) in [6.45, 7) is 5.22. The van der Waals surface area contributed by atoms with Gasteiger partial charge in [0.1, 0.15) is 5.75 Å². The number of hydrogen-bond donors (Lipinski definition) is 1. The molecular weight excluding hydrogens is 278 g/mol. The summed E-state index contributed by atoms with van der Waals surface area (Å²) in [5.41, 5.74) is 1.02. The molecule has 0 heterocycles. The highest BCUT2D eigenvalue weighted by Gasteiger charge is 2.19. The maximum Gasteiger partial charge on any atom is 0.446 e. The Bertz CT molecular complexity index is 528. The summed E-state index contributed by atoms with van der Waals surface area (Å²) in [5.74, 6) is 0.874. The number of benzene rings is 1. The molecule has 0 fully saturated rings. The highest BCUT2D eigenvalue weighted by Crippen LogP contribution is 2.30. The largest absolute Gasteiger partial charge is 0.446 e. The van der Waals surface area contributed by atoms with Gasteiger partial charge in [0.05, 0.1) is 0 Å². The molecule has 20 heavy (non-hydrogen) atoms. The average molecular weight is 301 g/mol. The average Bonchev–Trinajstić information content (AvgIpc) is 2.26. The highest BCUT2D eigenvalue weighted by atomic mass is 32.3. The fourth-order valence-corrected chi connectivity index (χ4v) is 2.94. The maximum atomic E-state index is 10.8. The van der Waals surface area contributed by atoms with Crippen LogP contribution in [-0.2, 0) is 10.4 Å². The van der Waals surface area contributed by atoms with Gasteiger partial charge in [-0.15, -0.1) is 0 Å². The van der Waals surface area contributed by atoms with Crippen LogP contribution in [0, 0.1) is 5.92 Å². The third-order valence-electron chi connectivity index (χ3n) is 3.27. The molecule has 5 nitrogen and oxygen atoms in total. The van der Waals surface area contributed by atoms with E-state index >= 15 is 0 Å². The fourth-order valence-electron chi connectivity index (χ4n) is 2.59. The summed E-state index contributed by atoms with van der Waals surface area (Å²) < 4.78 is 34.8. The van der Waals surface area contributed by atoms with E-state index in [1.165, 1.54) is 6.07 Å². The van der Waals surface area contributed by atoms with E-state index in [1.807, 2.05) is 20.2 Å². The lowest BCUT2D eigenvalue weighted by molar-refractivity contribution is 0.301. The van der Waals surface area contributed by atoms with Crippen molar-refractivity contribution < 1.29 is 17.2 Å². The normalized spacial score (nSPS) is 15.1. The highest BCUT2D eigenvalue weighted by molar-refractivity contribution is 7.81. The maximum absolute atomic E-state index is 10.8. The molecule has 0 radical (unpaired) electrons. The van der Waals surface area contributed by atoms with Crippen molar-refractivity contribution in [2.75, 3.05) is 20.6 Å². The molecule has 6 heteroatoms. The summed E-state index contributed by atoms with van der Waals surface area (Å²) in [5, 5.41) is 0. The van der Waals surface area contributed by atoms with Crippen LogP contribution in [0.3, 0.4) is 0 Å². The second-order valence-corrected chi connectivity index (χ2v) is 6.36. The van der Waals surface area contributed by atoms with Crippen LogP contribution in [0.25, 0.3) is 0 Å². The van der Waals surface area contributed by atoms with Gasteiger partial charge in [0.25, 0.3) is 0 Å². The van der Waals surface area contributed by atoms with Crippen molar-refractivity contribution in [2.45, 2.75) is 26.2 Å². The van der Waals surface area contributed by atoms with Crippen molar-refractivity contribution in [2.24, 2.45) is 5.92 Å². The lowest BCUT2D eigenvalue weighted by atomic mass is 9.85. The van der Waals surface area contributed by atoms with Crippen LogP contribution in [0.5, 0.6) is 5.75 Å². The monoisotopic (exact) mass is 301 g/mol. The van der Waals surface area contributed by atoms with E-state index in [0.717, 1.165) is 18.5 Å². The third kappa shape index (κ3) is 5.48. The Morgan fingerprint density at radius 1 is 1.35 bits per heavy atom. The molecule has 1 aromatic rings. The molecule has 114 valence electrons. The van der Waals surface area contributed by atoms with Gasteiger partial charge in [-0.05, 0) is 50.0 Å². The van der Waals surface area contributed by atoms with Crippen molar-refractivity contribution in [3.05, 3.63) is 29.8 Å². The van der Waals surface area contributed by atoms with Crippen LogP contribution in [0.4, 0.5) is 0 Å². The summed E-state index contributed by atoms with van der Waals surface area (Å²) in [4.78, 5) is 2.13. The van der Waals surface area contributed by atoms with Crippen molar-refractivity contribution in [3.63, 3.8) is 0 Å². The van der Waals surface area contributed by atoms with Crippen molar-refractivity contribution in [3.8, 4) is 5.75 Å². The Hall–Kier alpha value is -1.11. The quantitative estimate of drug-likeness (QED) is 0.784. The lowest BCUT2D eigenvalue weighted by Gasteiger charge is -2.26. The molecule has 0 aromatic heterocycles. The molecule has 0 amide bonds. The number of nitrogens with zero attached hydrogens (tertiary/aromatic N) is 1. The van der Waals surface area contributed by atoms with Crippen LogP contribution in [0.1, 0.15) is 31.7 Å². The molecule has 0 saturated carbocycles. The zero-order valence-corrected chi connectivity index (χ0v) is 13.2. The summed E-state index contributed by atoms with van der Waals surface area (Å²) >= 11 is 0. The Labute approximate surface area is 121 Å². The summed E-state index contributed by atoms with van der Waals surface area (Å²) in [6, 6.07) is 6.88. The molecule has 0 saturated heterocycles. The molecule has 0 unspecified atom stereocenters. The Morgan fingerprint density at radius 3 is 2.50 bits per heavy atom. The van der Waals surface area contributed by atoms with Crippen molar-refractivity contribution in [1.82, 2.24) is 4.90 Å². The number of rotatable bonds is 7. The molecule has 0 bridgehead atoms. The topological polar surface area (TPSA) is 66.8 Å². The van der Waals surface area contributed by atoms with Gasteiger partial charge in [-0.25, -0.2) is 0 Å². The van der Waals surface area contributed by atoms with E-state index in [-0.39, 0.29) is 5.75 Å². The first-order valence-corrected chi connectivity index (χ1v) is 8.01. The SMILES string of the molecule is CC[C@H](c1cccc(OS(=O)(=O)O)c1)[C@H](C)CN(C)C. The second-order valence-electron chi connectivity index (χ2n) is 5.34. The van der Waals surface area contributed by atoms with Gasteiger partial charge in [-0.2, -0.15) is 8.42 Å². The zero-order chi connectivity index (χ0) is 15.3. The van der Waals surface area contributed by atoms with Gasteiger partial charge in [-0.3, -0.25) is 4.55 Å². The van der Waals surface area contributed by atoms with Crippen LogP contribution in [0.15, 0.2) is 24.3 Å². The van der Waals surface area contributed by atoms with Crippen molar-refractivity contribution in [1.29, 1.82) is 0 Å². The van der Waals surface area contributed by atoms with Gasteiger partial charge in [0, 0.05) is 6.54 Å². The minimum Gasteiger partial charge on any atom is -0.362 e. The standard InChI is InChI=1S/C14H23NO4S/c1-5-14(11(2)10-15(3)4)12-7-6-8-13(9-12)19-20(16,17)18/h6-9,11,14H,5,10H2,1-4H3,(H,16,17,18)/t11-,14+/m1/s1. The number of hydrogen-bond acceptors (Lipinski definition) is 4. The van der Waals surface area contributed by atoms with Crippen LogP contribution < -0.4 is 4.18 Å². The van der Waals surface area contributed by atoms with E-state index < -0.39 is 10.4 Å². The Balaban J connectivity index is 2.96. The zero-order valence-electron chi connectivity index (χ0n) is 12.4. The first-order valence-electron chi connectivity index (χ1n) is 6.64. The minimum absolute atomic E-state index is 0.139. The predicted octanol–water partition coefficient (Wildman–Crippen LogP) is 2.56. The molecule has 0 aliphatic carbocycles. The van der Waals surface area contributed by atoms with Crippen molar-refractivity contribution >= 4 is 10.4 Å². The predicted molar refractivity (Wildman–Crippen MR) is 79.4 cm³/mol. The van der Waals surface area contributed by atoms with E-state index in [2.05, 4.69) is 22.9 Å². The molecular formula is C14H23NO4S. The molecule has 1 rings (SSSR count). The van der Waals surface area contributed by atoms with Crippen LogP contribution in [-0.4, -0.2) is 38.5 Å². The van der Waals surface area contributed by atoms with E-state index in [0.29, 0.717) is 11.8 Å². The first-order chi connectivity index (χ1) is 9.23. The molecule has 1 N–H and O–H groups in total. The minimum atomic E-state index is -4.47. The Morgan fingerprint density at radius 2 is 2.00 bits per heavy atom. The summed E-state index contributed by atoms with van der Waals surface area (Å²) in [7, 11) is -0.416. The van der Waals surface area contributed by atoms with E-state index in [9.17, 15) is 8.42 Å². The molecule has 2 atom stereocenters. The molecule has 1 aromatic carbocycles.